The molecule has 0 radical (unpaired) electrons. The third kappa shape index (κ3) is 6.17. The van der Waals surface area contributed by atoms with Crippen molar-refractivity contribution in [1.29, 1.82) is 0 Å². The fourth-order valence-electron chi connectivity index (χ4n) is 2.22. The molecule has 0 amide bonds. The van der Waals surface area contributed by atoms with E-state index in [9.17, 15) is 9.59 Å². The summed E-state index contributed by atoms with van der Waals surface area (Å²) in [6, 6.07) is 0. The summed E-state index contributed by atoms with van der Waals surface area (Å²) in [6.07, 6.45) is 3.23. The Morgan fingerprint density at radius 3 is 2.00 bits per heavy atom. The van der Waals surface area contributed by atoms with Crippen LogP contribution >= 0.6 is 0 Å². The van der Waals surface area contributed by atoms with Gasteiger partial charge in [0.25, 0.3) is 0 Å². The number of hydrogen-bond donors (Lipinski definition) is 0. The van der Waals surface area contributed by atoms with Crippen molar-refractivity contribution < 1.29 is 19.1 Å². The second-order valence-corrected chi connectivity index (χ2v) is 5.72. The molecule has 0 N–H and O–H groups in total. The minimum atomic E-state index is -0.981. The van der Waals surface area contributed by atoms with E-state index in [1.165, 1.54) is 0 Å². The second kappa shape index (κ2) is 9.41. The Bertz CT molecular complexity index is 376. The smallest absolute Gasteiger partial charge is 0.321 e. The lowest BCUT2D eigenvalue weighted by Gasteiger charge is -2.32. The van der Waals surface area contributed by atoms with Crippen LogP contribution in [0.4, 0.5) is 0 Å². The van der Waals surface area contributed by atoms with E-state index >= 15 is 0 Å². The van der Waals surface area contributed by atoms with Gasteiger partial charge in [0.15, 0.2) is 5.92 Å². The number of rotatable bonds is 9. The van der Waals surface area contributed by atoms with Crippen LogP contribution in [0.2, 0.25) is 0 Å². The van der Waals surface area contributed by atoms with Crippen molar-refractivity contribution in [1.82, 2.24) is 0 Å². The van der Waals surface area contributed by atoms with Gasteiger partial charge in [-0.3, -0.25) is 9.59 Å². The molecular weight excluding hydrogens is 268 g/mol. The van der Waals surface area contributed by atoms with Gasteiger partial charge in [0, 0.05) is 5.41 Å². The molecule has 0 aromatic rings. The molecule has 0 saturated heterocycles. The fraction of sp³-hybridized carbons (Fsp3) is 0.706. The molecule has 0 aliphatic carbocycles. The van der Waals surface area contributed by atoms with Gasteiger partial charge in [0.2, 0.25) is 0 Å². The van der Waals surface area contributed by atoms with Crippen LogP contribution in [-0.2, 0) is 19.1 Å². The molecule has 0 rings (SSSR count). The van der Waals surface area contributed by atoms with E-state index in [0.717, 1.165) is 6.42 Å². The van der Waals surface area contributed by atoms with Gasteiger partial charge in [-0.1, -0.05) is 33.8 Å². The number of ether oxygens (including phenoxy) is 2. The maximum absolute atomic E-state index is 12.2. The van der Waals surface area contributed by atoms with Crippen LogP contribution in [0, 0.1) is 17.3 Å². The molecule has 0 bridgehead atoms. The molecule has 21 heavy (non-hydrogen) atoms. The Kier molecular flexibility index (Phi) is 8.72. The van der Waals surface area contributed by atoms with Crippen molar-refractivity contribution in [2.24, 2.45) is 17.3 Å². The third-order valence-electron chi connectivity index (χ3n) is 3.40. The summed E-state index contributed by atoms with van der Waals surface area (Å²) in [5.41, 5.74) is 2.01. The van der Waals surface area contributed by atoms with E-state index in [0.29, 0.717) is 12.3 Å². The zero-order valence-corrected chi connectivity index (χ0v) is 13.9. The largest absolute Gasteiger partial charge is 0.465 e. The van der Waals surface area contributed by atoms with Gasteiger partial charge in [-0.2, -0.15) is 0 Å². The molecule has 0 aromatic heterocycles. The standard InChI is InChI=1S/C17H28O4/c1-7-11-17(6,12-10-13(4)5)14(15(18)20-8-2)16(19)21-9-3/h11,13-14H,1,8-10,12H2,2-6H3. The van der Waals surface area contributed by atoms with Gasteiger partial charge in [-0.15, -0.1) is 5.73 Å². The predicted molar refractivity (Wildman–Crippen MR) is 82.6 cm³/mol. The summed E-state index contributed by atoms with van der Waals surface area (Å²) in [4.78, 5) is 24.5. The molecule has 0 heterocycles. The van der Waals surface area contributed by atoms with E-state index in [4.69, 9.17) is 9.47 Å². The summed E-state index contributed by atoms with van der Waals surface area (Å²) in [6.45, 7) is 13.5. The predicted octanol–water partition coefficient (Wildman–Crippen LogP) is 3.51. The maximum Gasteiger partial charge on any atom is 0.321 e. The third-order valence-corrected chi connectivity index (χ3v) is 3.40. The lowest BCUT2D eigenvalue weighted by molar-refractivity contribution is -0.166. The molecule has 0 fully saturated rings. The first kappa shape index (κ1) is 19.5. The van der Waals surface area contributed by atoms with Crippen LogP contribution in [-0.4, -0.2) is 25.2 Å². The SMILES string of the molecule is C=C=CC(C)(CCC(C)C)C(C(=O)OCC)C(=O)OCC. The van der Waals surface area contributed by atoms with Crippen LogP contribution in [0.5, 0.6) is 0 Å². The summed E-state index contributed by atoms with van der Waals surface area (Å²) >= 11 is 0. The molecule has 0 aliphatic rings. The van der Waals surface area contributed by atoms with Crippen LogP contribution < -0.4 is 0 Å². The average molecular weight is 296 g/mol. The number of hydrogen-bond acceptors (Lipinski definition) is 4. The van der Waals surface area contributed by atoms with Crippen molar-refractivity contribution in [3.63, 3.8) is 0 Å². The molecule has 4 nitrogen and oxygen atoms in total. The monoisotopic (exact) mass is 296 g/mol. The van der Waals surface area contributed by atoms with Gasteiger partial charge in [-0.05, 0) is 32.3 Å². The van der Waals surface area contributed by atoms with Crippen molar-refractivity contribution >= 4 is 11.9 Å². The average Bonchev–Trinajstić information content (AvgIpc) is 2.37. The molecule has 4 heteroatoms. The van der Waals surface area contributed by atoms with Crippen LogP contribution in [0.1, 0.15) is 47.5 Å². The first-order valence-electron chi connectivity index (χ1n) is 7.52. The van der Waals surface area contributed by atoms with E-state index in [2.05, 4.69) is 26.2 Å². The first-order valence-corrected chi connectivity index (χ1v) is 7.52. The summed E-state index contributed by atoms with van der Waals surface area (Å²) < 4.78 is 10.1. The van der Waals surface area contributed by atoms with Gasteiger partial charge >= 0.3 is 11.9 Å². The summed E-state index contributed by atoms with van der Waals surface area (Å²) in [5.74, 6) is -1.61. The van der Waals surface area contributed by atoms with E-state index in [1.54, 1.807) is 19.9 Å². The molecule has 120 valence electrons. The zero-order chi connectivity index (χ0) is 16.5. The highest BCUT2D eigenvalue weighted by Crippen LogP contribution is 2.37. The Labute approximate surface area is 128 Å². The van der Waals surface area contributed by atoms with E-state index in [1.807, 2.05) is 6.92 Å². The van der Waals surface area contributed by atoms with Crippen molar-refractivity contribution in [2.45, 2.75) is 47.5 Å². The molecule has 0 aromatic carbocycles. The molecule has 0 saturated carbocycles. The molecule has 1 unspecified atom stereocenters. The summed E-state index contributed by atoms with van der Waals surface area (Å²) in [5, 5.41) is 0. The van der Waals surface area contributed by atoms with Crippen LogP contribution in [0.15, 0.2) is 18.4 Å². The van der Waals surface area contributed by atoms with Crippen molar-refractivity contribution in [2.75, 3.05) is 13.2 Å². The van der Waals surface area contributed by atoms with Gasteiger partial charge in [0.1, 0.15) is 0 Å². The van der Waals surface area contributed by atoms with E-state index in [-0.39, 0.29) is 13.2 Å². The molecule has 0 spiro atoms. The number of allylic oxidation sites excluding steroid dienone is 1. The van der Waals surface area contributed by atoms with Crippen LogP contribution in [0.3, 0.4) is 0 Å². The fourth-order valence-corrected chi connectivity index (χ4v) is 2.22. The Morgan fingerprint density at radius 1 is 1.19 bits per heavy atom. The molecular formula is C17H28O4. The normalized spacial score (nSPS) is 13.5. The summed E-state index contributed by atoms with van der Waals surface area (Å²) in [7, 11) is 0. The topological polar surface area (TPSA) is 52.6 Å². The van der Waals surface area contributed by atoms with Crippen molar-refractivity contribution in [3.8, 4) is 0 Å². The highest BCUT2D eigenvalue weighted by Gasteiger charge is 2.44. The minimum Gasteiger partial charge on any atom is -0.465 e. The molecule has 1 atom stereocenters. The van der Waals surface area contributed by atoms with Gasteiger partial charge < -0.3 is 9.47 Å². The maximum atomic E-state index is 12.2. The van der Waals surface area contributed by atoms with Gasteiger partial charge in [-0.25, -0.2) is 0 Å². The molecule has 0 aliphatic heterocycles. The lowest BCUT2D eigenvalue weighted by Crippen LogP contribution is -2.40. The lowest BCUT2D eigenvalue weighted by atomic mass is 9.72. The Morgan fingerprint density at radius 2 is 1.67 bits per heavy atom. The second-order valence-electron chi connectivity index (χ2n) is 5.72. The van der Waals surface area contributed by atoms with Crippen LogP contribution in [0.25, 0.3) is 0 Å². The van der Waals surface area contributed by atoms with Gasteiger partial charge in [0.05, 0.1) is 13.2 Å². The first-order chi connectivity index (χ1) is 9.82. The number of carbonyl (C=O) groups excluding carboxylic acids is 2. The number of esters is 2. The quantitative estimate of drug-likeness (QED) is 0.371. The van der Waals surface area contributed by atoms with E-state index < -0.39 is 23.3 Å². The Hall–Kier alpha value is -1.54. The van der Waals surface area contributed by atoms with Crippen molar-refractivity contribution in [3.05, 3.63) is 18.4 Å². The number of carbonyl (C=O) groups is 2. The zero-order valence-electron chi connectivity index (χ0n) is 13.9. The highest BCUT2D eigenvalue weighted by atomic mass is 16.6. The minimum absolute atomic E-state index is 0.229. The Balaban J connectivity index is 5.49. The highest BCUT2D eigenvalue weighted by molar-refractivity contribution is 5.96.